The summed E-state index contributed by atoms with van der Waals surface area (Å²) in [6.45, 7) is 0. The Balaban J connectivity index is 1.14. The van der Waals surface area contributed by atoms with Crippen molar-refractivity contribution in [2.24, 2.45) is 0 Å². The fourth-order valence-electron chi connectivity index (χ4n) is 8.86. The molecule has 0 N–H and O–H groups in total. The Morgan fingerprint density at radius 1 is 0.423 bits per heavy atom. The number of nitrogens with zero attached hydrogens (tertiary/aromatic N) is 3. The van der Waals surface area contributed by atoms with Gasteiger partial charge in [0.05, 0.1) is 27.7 Å². The molecule has 0 aliphatic heterocycles. The van der Waals surface area contributed by atoms with E-state index >= 15 is 0 Å². The van der Waals surface area contributed by atoms with Crippen molar-refractivity contribution in [3.63, 3.8) is 0 Å². The number of hydrogen-bond donors (Lipinski definition) is 0. The lowest BCUT2D eigenvalue weighted by atomic mass is 9.67. The number of fused-ring (bicyclic) bond motifs is 10. The smallest absolute Gasteiger partial charge is 0.0933 e. The summed E-state index contributed by atoms with van der Waals surface area (Å²) in [7, 11) is 0. The van der Waals surface area contributed by atoms with Crippen molar-refractivity contribution in [1.29, 1.82) is 0 Å². The summed E-state index contributed by atoms with van der Waals surface area (Å²) in [5.74, 6) is 0. The summed E-state index contributed by atoms with van der Waals surface area (Å²) in [6, 6.07) is 65.8. The molecule has 1 aliphatic rings. The monoisotopic (exact) mass is 661 g/mol. The Morgan fingerprint density at radius 3 is 1.81 bits per heavy atom. The fraction of sp³-hybridized carbons (Fsp3) is 0.0204. The van der Waals surface area contributed by atoms with Crippen LogP contribution in [0.5, 0.6) is 0 Å². The summed E-state index contributed by atoms with van der Waals surface area (Å²) in [6.07, 6.45) is 2.13. The molecule has 3 nitrogen and oxygen atoms in total. The molecule has 0 atom stereocenters. The minimum absolute atomic E-state index is 0.462. The normalized spacial score (nSPS) is 13.2. The van der Waals surface area contributed by atoms with Crippen LogP contribution in [0.1, 0.15) is 22.3 Å². The molecule has 10 aromatic rings. The predicted molar refractivity (Wildman–Crippen MR) is 214 cm³/mol. The molecule has 0 fully saturated rings. The number of benzene rings is 7. The van der Waals surface area contributed by atoms with E-state index in [0.29, 0.717) is 0 Å². The SMILES string of the molecule is c1ccc(C2(c3ccccc3)c3ccccc3-c3c2ccc2c(-c4ccc(-c5ccc6c7ccccc7nn6c5)cc4)nc4ccccc4c32)cc1. The van der Waals surface area contributed by atoms with Gasteiger partial charge in [0.2, 0.25) is 0 Å². The minimum atomic E-state index is -0.462. The van der Waals surface area contributed by atoms with Crippen LogP contribution in [0, 0.1) is 0 Å². The number of rotatable bonds is 4. The zero-order valence-corrected chi connectivity index (χ0v) is 28.2. The third-order valence-electron chi connectivity index (χ3n) is 11.1. The van der Waals surface area contributed by atoms with Crippen LogP contribution in [-0.4, -0.2) is 14.6 Å². The van der Waals surface area contributed by atoms with E-state index in [4.69, 9.17) is 10.1 Å². The van der Waals surface area contributed by atoms with Crippen LogP contribution >= 0.6 is 0 Å². The second-order valence-electron chi connectivity index (χ2n) is 13.8. The first kappa shape index (κ1) is 28.9. The Labute approximate surface area is 301 Å². The number of para-hydroxylation sites is 1. The van der Waals surface area contributed by atoms with Gasteiger partial charge >= 0.3 is 0 Å². The van der Waals surface area contributed by atoms with Gasteiger partial charge in [-0.3, -0.25) is 0 Å². The van der Waals surface area contributed by atoms with E-state index in [1.807, 2.05) is 10.6 Å². The first-order chi connectivity index (χ1) is 25.8. The Kier molecular flexibility index (Phi) is 6.17. The molecule has 3 heterocycles. The molecule has 3 aromatic heterocycles. The van der Waals surface area contributed by atoms with Gasteiger partial charge in [-0.1, -0.05) is 164 Å². The second-order valence-corrected chi connectivity index (χ2v) is 13.8. The minimum Gasteiger partial charge on any atom is -0.247 e. The molecule has 7 aromatic carbocycles. The molecule has 0 unspecified atom stereocenters. The lowest BCUT2D eigenvalue weighted by Gasteiger charge is -2.34. The quantitative estimate of drug-likeness (QED) is 0.176. The molecule has 0 radical (unpaired) electrons. The second kappa shape index (κ2) is 11.1. The lowest BCUT2D eigenvalue weighted by Crippen LogP contribution is -2.28. The van der Waals surface area contributed by atoms with E-state index in [0.717, 1.165) is 49.7 Å². The molecule has 242 valence electrons. The first-order valence-electron chi connectivity index (χ1n) is 17.8. The van der Waals surface area contributed by atoms with E-state index in [2.05, 4.69) is 182 Å². The molecule has 52 heavy (non-hydrogen) atoms. The molecular formula is C49H31N3. The van der Waals surface area contributed by atoms with Gasteiger partial charge in [-0.05, 0) is 57.1 Å². The van der Waals surface area contributed by atoms with Crippen molar-refractivity contribution in [1.82, 2.24) is 14.6 Å². The third kappa shape index (κ3) is 4.02. The summed E-state index contributed by atoms with van der Waals surface area (Å²) in [5, 5.41) is 9.57. The topological polar surface area (TPSA) is 30.2 Å². The van der Waals surface area contributed by atoms with Crippen LogP contribution in [0.15, 0.2) is 188 Å². The Hall–Kier alpha value is -6.84. The zero-order valence-electron chi connectivity index (χ0n) is 28.2. The number of pyridine rings is 2. The van der Waals surface area contributed by atoms with Crippen molar-refractivity contribution in [3.05, 3.63) is 210 Å². The molecular weight excluding hydrogens is 631 g/mol. The van der Waals surface area contributed by atoms with Crippen molar-refractivity contribution in [3.8, 4) is 33.5 Å². The van der Waals surface area contributed by atoms with Crippen LogP contribution in [0.3, 0.4) is 0 Å². The highest BCUT2D eigenvalue weighted by molar-refractivity contribution is 6.19. The van der Waals surface area contributed by atoms with Crippen molar-refractivity contribution >= 4 is 38.1 Å². The van der Waals surface area contributed by atoms with Gasteiger partial charge in [-0.25, -0.2) is 9.50 Å². The van der Waals surface area contributed by atoms with Crippen molar-refractivity contribution in [2.75, 3.05) is 0 Å². The van der Waals surface area contributed by atoms with Gasteiger partial charge in [0.15, 0.2) is 0 Å². The average Bonchev–Trinajstić information content (AvgIpc) is 3.75. The standard InChI is InChI=1S/C49H31N3/c1-3-13-35(14-4-1)49(36-15-5-2-6-16-36)41-20-10-7-17-37(41)47-42(49)29-28-40-46(47)39-19-9-11-21-43(39)50-48(40)33-25-23-32(24-26-33)34-27-30-45-38-18-8-12-22-44(38)51-52(45)31-34/h1-31H. The maximum absolute atomic E-state index is 5.36. The highest BCUT2D eigenvalue weighted by atomic mass is 15.2. The molecule has 11 rings (SSSR count). The summed E-state index contributed by atoms with van der Waals surface area (Å²) in [5.41, 5.74) is 14.7. The average molecular weight is 662 g/mol. The summed E-state index contributed by atoms with van der Waals surface area (Å²) < 4.78 is 2.00. The Morgan fingerprint density at radius 2 is 1.04 bits per heavy atom. The van der Waals surface area contributed by atoms with E-state index in [1.165, 1.54) is 44.2 Å². The van der Waals surface area contributed by atoms with Gasteiger partial charge < -0.3 is 0 Å². The van der Waals surface area contributed by atoms with E-state index in [1.54, 1.807) is 0 Å². The van der Waals surface area contributed by atoms with Crippen LogP contribution in [0.4, 0.5) is 0 Å². The highest BCUT2D eigenvalue weighted by Gasteiger charge is 2.46. The molecule has 0 saturated carbocycles. The third-order valence-corrected chi connectivity index (χ3v) is 11.1. The van der Waals surface area contributed by atoms with Gasteiger partial charge in [0.1, 0.15) is 0 Å². The lowest BCUT2D eigenvalue weighted by molar-refractivity contribution is 0.769. The molecule has 0 amide bonds. The summed E-state index contributed by atoms with van der Waals surface area (Å²) in [4.78, 5) is 5.36. The number of aromatic nitrogens is 3. The molecule has 1 aliphatic carbocycles. The highest BCUT2D eigenvalue weighted by Crippen LogP contribution is 2.58. The molecule has 3 heteroatoms. The van der Waals surface area contributed by atoms with E-state index in [-0.39, 0.29) is 0 Å². The van der Waals surface area contributed by atoms with Crippen molar-refractivity contribution < 1.29 is 0 Å². The van der Waals surface area contributed by atoms with Gasteiger partial charge in [-0.2, -0.15) is 5.10 Å². The predicted octanol–water partition coefficient (Wildman–Crippen LogP) is 11.9. The molecule has 0 spiro atoms. The van der Waals surface area contributed by atoms with Gasteiger partial charge in [0.25, 0.3) is 0 Å². The maximum atomic E-state index is 5.36. The molecule has 0 saturated heterocycles. The van der Waals surface area contributed by atoms with E-state index in [9.17, 15) is 0 Å². The summed E-state index contributed by atoms with van der Waals surface area (Å²) >= 11 is 0. The van der Waals surface area contributed by atoms with Crippen LogP contribution in [0.2, 0.25) is 0 Å². The number of hydrogen-bond acceptors (Lipinski definition) is 2. The van der Waals surface area contributed by atoms with Crippen LogP contribution < -0.4 is 0 Å². The van der Waals surface area contributed by atoms with E-state index < -0.39 is 5.41 Å². The molecule has 0 bridgehead atoms. The van der Waals surface area contributed by atoms with Crippen molar-refractivity contribution in [2.45, 2.75) is 5.41 Å². The van der Waals surface area contributed by atoms with Crippen LogP contribution in [0.25, 0.3) is 71.6 Å². The van der Waals surface area contributed by atoms with Gasteiger partial charge in [0, 0.05) is 38.9 Å². The maximum Gasteiger partial charge on any atom is 0.0933 e. The Bertz CT molecular complexity index is 2960. The zero-order chi connectivity index (χ0) is 34.2. The fourth-order valence-corrected chi connectivity index (χ4v) is 8.86. The largest absolute Gasteiger partial charge is 0.247 e. The van der Waals surface area contributed by atoms with Gasteiger partial charge in [-0.15, -0.1) is 0 Å². The van der Waals surface area contributed by atoms with Crippen LogP contribution in [-0.2, 0) is 5.41 Å². The first-order valence-corrected chi connectivity index (χ1v) is 17.8.